The molecule has 174 valence electrons. The molecule has 7 nitrogen and oxygen atoms in total. The zero-order chi connectivity index (χ0) is 24.9. The van der Waals surface area contributed by atoms with Crippen molar-refractivity contribution in [3.8, 4) is 6.07 Å². The Labute approximate surface area is 206 Å². The number of fused-ring (bicyclic) bond motifs is 1. The fraction of sp³-hybridized carbons (Fsp3) is 0. The Balaban J connectivity index is 1.32. The van der Waals surface area contributed by atoms with Crippen molar-refractivity contribution in [3.05, 3.63) is 114 Å². The molecule has 2 aromatic heterocycles. The number of benzene rings is 3. The van der Waals surface area contributed by atoms with Crippen LogP contribution in [-0.4, -0.2) is 15.9 Å². The van der Waals surface area contributed by atoms with Crippen LogP contribution in [0.2, 0.25) is 0 Å². The van der Waals surface area contributed by atoms with E-state index in [1.807, 2.05) is 24.3 Å². The number of hydrogen-bond acceptors (Lipinski definition) is 6. The zero-order valence-corrected chi connectivity index (χ0v) is 18.9. The van der Waals surface area contributed by atoms with Crippen LogP contribution in [0.5, 0.6) is 0 Å². The number of carbonyl (C=O) groups excluding carboxylic acids is 1. The van der Waals surface area contributed by atoms with Crippen LogP contribution < -0.4 is 16.0 Å². The highest BCUT2D eigenvalue weighted by Gasteiger charge is 2.09. The molecule has 5 rings (SSSR count). The van der Waals surface area contributed by atoms with Gasteiger partial charge in [0.2, 0.25) is 0 Å². The van der Waals surface area contributed by atoms with Crippen molar-refractivity contribution in [1.82, 2.24) is 9.97 Å². The fourth-order valence-corrected chi connectivity index (χ4v) is 3.74. The first-order valence-corrected chi connectivity index (χ1v) is 11.0. The minimum absolute atomic E-state index is 0.280. The van der Waals surface area contributed by atoms with Crippen LogP contribution in [0.3, 0.4) is 0 Å². The number of halogens is 1. The number of hydrogen-bond donors (Lipinski definition) is 3. The third kappa shape index (κ3) is 5.11. The Morgan fingerprint density at radius 2 is 1.53 bits per heavy atom. The number of amides is 1. The standard InChI is InChI=1S/C28H19FN6O/c29-19-7-8-26-25(14-19)27(10-12-32-26)34-20-4-1-3-18(13-20)28(36)35-22-6-2-5-21(15-22)33-23-9-11-31-24(16-23)17-30/h1-16H,(H,31,33)(H,32,34)(H,35,36). The molecular weight excluding hydrogens is 455 g/mol. The van der Waals surface area contributed by atoms with Gasteiger partial charge in [0.05, 0.1) is 5.52 Å². The summed E-state index contributed by atoms with van der Waals surface area (Å²) in [5.74, 6) is -0.630. The number of carbonyl (C=O) groups is 1. The van der Waals surface area contributed by atoms with E-state index in [1.54, 1.807) is 67.0 Å². The third-order valence-electron chi connectivity index (χ3n) is 5.39. The summed E-state index contributed by atoms with van der Waals surface area (Å²) in [6.45, 7) is 0. The van der Waals surface area contributed by atoms with Crippen LogP contribution in [0.25, 0.3) is 10.9 Å². The molecule has 5 aromatic rings. The van der Waals surface area contributed by atoms with E-state index in [1.165, 1.54) is 12.1 Å². The summed E-state index contributed by atoms with van der Waals surface area (Å²) < 4.78 is 13.8. The molecule has 2 heterocycles. The summed E-state index contributed by atoms with van der Waals surface area (Å²) in [5.41, 5.74) is 4.86. The van der Waals surface area contributed by atoms with Gasteiger partial charge < -0.3 is 16.0 Å². The number of nitriles is 1. The number of rotatable bonds is 6. The van der Waals surface area contributed by atoms with E-state index in [0.29, 0.717) is 44.9 Å². The van der Waals surface area contributed by atoms with Gasteiger partial charge in [0.15, 0.2) is 0 Å². The highest BCUT2D eigenvalue weighted by Crippen LogP contribution is 2.27. The molecule has 0 atom stereocenters. The SMILES string of the molecule is N#Cc1cc(Nc2cccc(NC(=O)c3cccc(Nc4ccnc5ccc(F)cc45)c3)c2)ccn1. The van der Waals surface area contributed by atoms with Gasteiger partial charge in [-0.25, -0.2) is 9.37 Å². The summed E-state index contributed by atoms with van der Waals surface area (Å²) in [7, 11) is 0. The Morgan fingerprint density at radius 1 is 0.778 bits per heavy atom. The van der Waals surface area contributed by atoms with Crippen LogP contribution in [-0.2, 0) is 0 Å². The van der Waals surface area contributed by atoms with E-state index in [0.717, 1.165) is 5.69 Å². The maximum atomic E-state index is 13.8. The summed E-state index contributed by atoms with van der Waals surface area (Å²) in [4.78, 5) is 21.2. The highest BCUT2D eigenvalue weighted by molar-refractivity contribution is 6.05. The first kappa shape index (κ1) is 22.5. The average molecular weight is 474 g/mol. The number of pyridine rings is 2. The molecule has 1 amide bonds. The smallest absolute Gasteiger partial charge is 0.255 e. The van der Waals surface area contributed by atoms with Crippen LogP contribution >= 0.6 is 0 Å². The largest absolute Gasteiger partial charge is 0.355 e. The zero-order valence-electron chi connectivity index (χ0n) is 18.9. The van der Waals surface area contributed by atoms with Crippen molar-refractivity contribution in [3.63, 3.8) is 0 Å². The van der Waals surface area contributed by atoms with E-state index in [-0.39, 0.29) is 11.7 Å². The minimum Gasteiger partial charge on any atom is -0.355 e. The number of nitrogens with zero attached hydrogens (tertiary/aromatic N) is 3. The van der Waals surface area contributed by atoms with E-state index in [2.05, 4.69) is 25.9 Å². The molecule has 36 heavy (non-hydrogen) atoms. The van der Waals surface area contributed by atoms with Crippen molar-refractivity contribution in [1.29, 1.82) is 5.26 Å². The molecule has 0 radical (unpaired) electrons. The molecule has 0 saturated heterocycles. The molecule has 0 saturated carbocycles. The monoisotopic (exact) mass is 474 g/mol. The maximum Gasteiger partial charge on any atom is 0.255 e. The predicted molar refractivity (Wildman–Crippen MR) is 138 cm³/mol. The molecule has 0 unspecified atom stereocenters. The van der Waals surface area contributed by atoms with Gasteiger partial charge in [-0.3, -0.25) is 9.78 Å². The predicted octanol–water partition coefficient (Wildman–Crippen LogP) is 6.38. The molecule has 3 N–H and O–H groups in total. The summed E-state index contributed by atoms with van der Waals surface area (Å²) in [6.07, 6.45) is 3.20. The first-order chi connectivity index (χ1) is 17.6. The molecule has 8 heteroatoms. The van der Waals surface area contributed by atoms with Gasteiger partial charge in [-0.1, -0.05) is 12.1 Å². The topological polar surface area (TPSA) is 103 Å². The number of nitrogens with one attached hydrogen (secondary N) is 3. The van der Waals surface area contributed by atoms with Crippen LogP contribution in [0, 0.1) is 17.1 Å². The molecule has 0 aliphatic rings. The average Bonchev–Trinajstić information content (AvgIpc) is 2.89. The summed E-state index contributed by atoms with van der Waals surface area (Å²) in [6, 6.07) is 25.9. The van der Waals surface area contributed by atoms with Gasteiger partial charge in [-0.2, -0.15) is 5.26 Å². The van der Waals surface area contributed by atoms with Gasteiger partial charge >= 0.3 is 0 Å². The van der Waals surface area contributed by atoms with Crippen LogP contribution in [0.1, 0.15) is 16.1 Å². The van der Waals surface area contributed by atoms with E-state index >= 15 is 0 Å². The molecule has 0 aliphatic carbocycles. The Bertz CT molecular complexity index is 1630. The van der Waals surface area contributed by atoms with Crippen molar-refractivity contribution in [2.75, 3.05) is 16.0 Å². The van der Waals surface area contributed by atoms with Crippen LogP contribution in [0.4, 0.5) is 32.8 Å². The van der Waals surface area contributed by atoms with Crippen molar-refractivity contribution >= 4 is 45.2 Å². The summed E-state index contributed by atoms with van der Waals surface area (Å²) >= 11 is 0. The van der Waals surface area contributed by atoms with Gasteiger partial charge in [-0.15, -0.1) is 0 Å². The van der Waals surface area contributed by atoms with Gasteiger partial charge in [-0.05, 0) is 72.8 Å². The lowest BCUT2D eigenvalue weighted by Gasteiger charge is -2.12. The highest BCUT2D eigenvalue weighted by atomic mass is 19.1. The second kappa shape index (κ2) is 9.91. The number of anilines is 5. The van der Waals surface area contributed by atoms with E-state index < -0.39 is 0 Å². The lowest BCUT2D eigenvalue weighted by atomic mass is 10.1. The lowest BCUT2D eigenvalue weighted by Crippen LogP contribution is -2.12. The van der Waals surface area contributed by atoms with Gasteiger partial charge in [0, 0.05) is 51.8 Å². The fourth-order valence-electron chi connectivity index (χ4n) is 3.74. The first-order valence-electron chi connectivity index (χ1n) is 11.0. The second-order valence-corrected chi connectivity index (χ2v) is 7.93. The molecule has 0 bridgehead atoms. The Kier molecular flexibility index (Phi) is 6.19. The van der Waals surface area contributed by atoms with Crippen LogP contribution in [0.15, 0.2) is 97.3 Å². The molecule has 0 spiro atoms. The van der Waals surface area contributed by atoms with Crippen molar-refractivity contribution in [2.45, 2.75) is 0 Å². The van der Waals surface area contributed by atoms with Crippen molar-refractivity contribution < 1.29 is 9.18 Å². The molecule has 0 aliphatic heterocycles. The lowest BCUT2D eigenvalue weighted by molar-refractivity contribution is 0.102. The molecule has 3 aromatic carbocycles. The van der Waals surface area contributed by atoms with E-state index in [9.17, 15) is 9.18 Å². The van der Waals surface area contributed by atoms with Crippen molar-refractivity contribution in [2.24, 2.45) is 0 Å². The summed E-state index contributed by atoms with van der Waals surface area (Å²) in [5, 5.41) is 19.0. The second-order valence-electron chi connectivity index (χ2n) is 7.93. The third-order valence-corrected chi connectivity index (χ3v) is 5.39. The van der Waals surface area contributed by atoms with Gasteiger partial charge in [0.1, 0.15) is 17.6 Å². The van der Waals surface area contributed by atoms with Gasteiger partial charge in [0.25, 0.3) is 5.91 Å². The van der Waals surface area contributed by atoms with E-state index in [4.69, 9.17) is 5.26 Å². The minimum atomic E-state index is -0.349. The quantitative estimate of drug-likeness (QED) is 0.264. The maximum absolute atomic E-state index is 13.8. The normalized spacial score (nSPS) is 10.4. The molecule has 0 fully saturated rings. The Morgan fingerprint density at radius 3 is 2.39 bits per heavy atom. The number of aromatic nitrogens is 2. The Hall–Kier alpha value is -5.29. The molecular formula is C28H19FN6O.